The fourth-order valence-corrected chi connectivity index (χ4v) is 4.09. The highest BCUT2D eigenvalue weighted by atomic mass is 35.5. The van der Waals surface area contributed by atoms with Crippen molar-refractivity contribution in [2.24, 2.45) is 5.92 Å². The summed E-state index contributed by atoms with van der Waals surface area (Å²) in [6.07, 6.45) is 7.63. The molecule has 1 saturated heterocycles. The van der Waals surface area contributed by atoms with E-state index in [9.17, 15) is 4.79 Å². The normalized spacial score (nSPS) is 21.0. The number of hydrogen-bond acceptors (Lipinski definition) is 4. The zero-order chi connectivity index (χ0) is 18.8. The van der Waals surface area contributed by atoms with Crippen LogP contribution in [0.2, 0.25) is 5.02 Å². The second-order valence-corrected chi connectivity index (χ2v) is 7.97. The van der Waals surface area contributed by atoms with Gasteiger partial charge in [-0.3, -0.25) is 4.79 Å². The molecule has 2 fully saturated rings. The third kappa shape index (κ3) is 4.08. The maximum Gasteiger partial charge on any atom is 0.228 e. The Morgan fingerprint density at radius 3 is 2.56 bits per heavy atom. The van der Waals surface area contributed by atoms with Crippen LogP contribution in [0.15, 0.2) is 42.7 Å². The fraction of sp³-hybridized carbons (Fsp3) is 0.476. The van der Waals surface area contributed by atoms with Gasteiger partial charge >= 0.3 is 0 Å². The molecule has 5 nitrogen and oxygen atoms in total. The molecule has 6 heteroatoms. The third-order valence-electron chi connectivity index (χ3n) is 5.57. The van der Waals surface area contributed by atoms with E-state index >= 15 is 0 Å². The van der Waals surface area contributed by atoms with Crippen LogP contribution in [-0.2, 0) is 4.79 Å². The summed E-state index contributed by atoms with van der Waals surface area (Å²) in [7, 11) is 0. The summed E-state index contributed by atoms with van der Waals surface area (Å²) in [6, 6.07) is 10.1. The van der Waals surface area contributed by atoms with Crippen molar-refractivity contribution in [1.82, 2.24) is 14.9 Å². The Bertz CT molecular complexity index is 779. The smallest absolute Gasteiger partial charge is 0.228 e. The lowest BCUT2D eigenvalue weighted by Gasteiger charge is -2.37. The van der Waals surface area contributed by atoms with E-state index in [1.165, 1.54) is 0 Å². The molecule has 1 saturated carbocycles. The number of nitrogens with zero attached hydrogens (tertiary/aromatic N) is 4. The molecule has 0 N–H and O–H groups in total. The fourth-order valence-electron chi connectivity index (χ4n) is 3.97. The summed E-state index contributed by atoms with van der Waals surface area (Å²) in [5.41, 5.74) is 1.14. The van der Waals surface area contributed by atoms with E-state index < -0.39 is 0 Å². The van der Waals surface area contributed by atoms with E-state index in [4.69, 9.17) is 11.6 Å². The number of anilines is 1. The van der Waals surface area contributed by atoms with Gasteiger partial charge in [0.05, 0.1) is 12.0 Å². The van der Waals surface area contributed by atoms with E-state index in [1.54, 1.807) is 12.4 Å². The molecule has 2 heterocycles. The van der Waals surface area contributed by atoms with Gasteiger partial charge in [-0.05, 0) is 56.4 Å². The molecule has 1 aliphatic carbocycles. The highest BCUT2D eigenvalue weighted by Crippen LogP contribution is 2.37. The molecular formula is C21H25ClN4O. The molecular weight excluding hydrogens is 360 g/mol. The Kier molecular flexibility index (Phi) is 5.30. The number of aromatic nitrogens is 2. The Morgan fingerprint density at radius 2 is 1.89 bits per heavy atom. The first-order valence-electron chi connectivity index (χ1n) is 9.73. The molecule has 142 valence electrons. The van der Waals surface area contributed by atoms with Crippen molar-refractivity contribution < 1.29 is 4.79 Å². The largest absolute Gasteiger partial charge is 0.340 e. The molecule has 2 aromatic rings. The van der Waals surface area contributed by atoms with Gasteiger partial charge in [0.1, 0.15) is 0 Å². The number of hydrogen-bond donors (Lipinski definition) is 0. The van der Waals surface area contributed by atoms with Gasteiger partial charge in [0, 0.05) is 36.5 Å². The summed E-state index contributed by atoms with van der Waals surface area (Å²) in [4.78, 5) is 26.4. The van der Waals surface area contributed by atoms with Crippen molar-refractivity contribution in [3.8, 4) is 0 Å². The summed E-state index contributed by atoms with van der Waals surface area (Å²) in [6.45, 7) is 3.73. The SMILES string of the molecule is CC(c1ccc(Cl)cc1)N(C(=O)C1CCCN(c2ncccn2)C1)C1CC1. The number of piperidine rings is 1. The molecule has 0 radical (unpaired) electrons. The molecule has 0 bridgehead atoms. The molecule has 2 aliphatic rings. The molecule has 0 spiro atoms. The molecule has 1 aromatic carbocycles. The first-order valence-corrected chi connectivity index (χ1v) is 10.1. The van der Waals surface area contributed by atoms with Gasteiger partial charge in [0.2, 0.25) is 11.9 Å². The molecule has 1 amide bonds. The number of amides is 1. The zero-order valence-corrected chi connectivity index (χ0v) is 16.3. The van der Waals surface area contributed by atoms with E-state index in [1.807, 2.05) is 30.3 Å². The Balaban J connectivity index is 1.51. The molecule has 1 aliphatic heterocycles. The van der Waals surface area contributed by atoms with Crippen molar-refractivity contribution in [1.29, 1.82) is 0 Å². The van der Waals surface area contributed by atoms with Crippen LogP contribution in [0.25, 0.3) is 0 Å². The molecule has 2 unspecified atom stereocenters. The number of benzene rings is 1. The minimum absolute atomic E-state index is 0.00194. The van der Waals surface area contributed by atoms with Crippen LogP contribution in [0, 0.1) is 5.92 Å². The minimum atomic E-state index is -0.00194. The highest BCUT2D eigenvalue weighted by molar-refractivity contribution is 6.30. The van der Waals surface area contributed by atoms with Gasteiger partial charge in [-0.25, -0.2) is 9.97 Å². The number of rotatable bonds is 5. The van der Waals surface area contributed by atoms with Crippen molar-refractivity contribution in [3.63, 3.8) is 0 Å². The molecule has 1 aromatic heterocycles. The van der Waals surface area contributed by atoms with Gasteiger partial charge in [-0.1, -0.05) is 23.7 Å². The van der Waals surface area contributed by atoms with Gasteiger partial charge in [0.15, 0.2) is 0 Å². The lowest BCUT2D eigenvalue weighted by molar-refractivity contribution is -0.138. The third-order valence-corrected chi connectivity index (χ3v) is 5.82. The van der Waals surface area contributed by atoms with Crippen LogP contribution in [0.1, 0.15) is 44.2 Å². The Hall–Kier alpha value is -2.14. The number of carbonyl (C=O) groups is 1. The summed E-state index contributed by atoms with van der Waals surface area (Å²) < 4.78 is 0. The van der Waals surface area contributed by atoms with Crippen molar-refractivity contribution in [3.05, 3.63) is 53.3 Å². The summed E-state index contributed by atoms with van der Waals surface area (Å²) in [5.74, 6) is 0.984. The van der Waals surface area contributed by atoms with Crippen molar-refractivity contribution in [2.45, 2.75) is 44.7 Å². The quantitative estimate of drug-likeness (QED) is 0.778. The van der Waals surface area contributed by atoms with Crippen molar-refractivity contribution in [2.75, 3.05) is 18.0 Å². The lowest BCUT2D eigenvalue weighted by Crippen LogP contribution is -2.46. The van der Waals surface area contributed by atoms with E-state index in [0.717, 1.165) is 48.8 Å². The maximum atomic E-state index is 13.5. The van der Waals surface area contributed by atoms with Crippen LogP contribution in [0.5, 0.6) is 0 Å². The standard InChI is InChI=1S/C21H25ClN4O/c1-15(16-5-7-18(22)8-6-16)26(19-9-10-19)20(27)17-4-2-13-25(14-17)21-23-11-3-12-24-21/h3,5-8,11-12,15,17,19H,2,4,9-10,13-14H2,1H3. The average molecular weight is 385 g/mol. The second-order valence-electron chi connectivity index (χ2n) is 7.54. The zero-order valence-electron chi connectivity index (χ0n) is 15.6. The van der Waals surface area contributed by atoms with Crippen LogP contribution in [0.4, 0.5) is 5.95 Å². The second kappa shape index (κ2) is 7.85. The molecule has 27 heavy (non-hydrogen) atoms. The van der Waals surface area contributed by atoms with Gasteiger partial charge < -0.3 is 9.80 Å². The van der Waals surface area contributed by atoms with Crippen LogP contribution in [0.3, 0.4) is 0 Å². The van der Waals surface area contributed by atoms with Gasteiger partial charge in [-0.2, -0.15) is 0 Å². The summed E-state index contributed by atoms with van der Waals surface area (Å²) >= 11 is 6.03. The van der Waals surface area contributed by atoms with Crippen LogP contribution >= 0.6 is 11.6 Å². The predicted octanol–water partition coefficient (Wildman–Crippen LogP) is 4.10. The lowest BCUT2D eigenvalue weighted by atomic mass is 9.95. The first-order chi connectivity index (χ1) is 13.1. The number of halogens is 1. The van der Waals surface area contributed by atoms with E-state index in [0.29, 0.717) is 12.6 Å². The predicted molar refractivity (Wildman–Crippen MR) is 107 cm³/mol. The van der Waals surface area contributed by atoms with Gasteiger partial charge in [0.25, 0.3) is 0 Å². The topological polar surface area (TPSA) is 49.3 Å². The monoisotopic (exact) mass is 384 g/mol. The number of carbonyl (C=O) groups excluding carboxylic acids is 1. The van der Waals surface area contributed by atoms with Gasteiger partial charge in [-0.15, -0.1) is 0 Å². The summed E-state index contributed by atoms with van der Waals surface area (Å²) in [5, 5.41) is 0.723. The maximum absolute atomic E-state index is 13.5. The Morgan fingerprint density at radius 1 is 1.19 bits per heavy atom. The molecule has 4 rings (SSSR count). The first kappa shape index (κ1) is 18.2. The van der Waals surface area contributed by atoms with Crippen LogP contribution < -0.4 is 4.90 Å². The van der Waals surface area contributed by atoms with E-state index in [-0.39, 0.29) is 17.9 Å². The Labute approximate surface area is 165 Å². The van der Waals surface area contributed by atoms with Crippen molar-refractivity contribution >= 4 is 23.5 Å². The highest BCUT2D eigenvalue weighted by Gasteiger charge is 2.40. The average Bonchev–Trinajstić information content (AvgIpc) is 3.54. The van der Waals surface area contributed by atoms with Crippen LogP contribution in [-0.4, -0.2) is 39.9 Å². The molecule has 2 atom stereocenters. The minimum Gasteiger partial charge on any atom is -0.340 e. The van der Waals surface area contributed by atoms with E-state index in [2.05, 4.69) is 26.7 Å².